The molecule has 2 aromatic rings. The molecule has 0 aliphatic carbocycles. The smallest absolute Gasteiger partial charge is 0.246 e. The molecule has 324 valence electrons. The zero-order valence-electron chi connectivity index (χ0n) is 35.2. The number of hydrogen-bond donors (Lipinski definition) is 5. The van der Waals surface area contributed by atoms with E-state index in [4.69, 9.17) is 0 Å². The lowest BCUT2D eigenvalue weighted by Crippen LogP contribution is -2.61. The molecule has 0 saturated carbocycles. The van der Waals surface area contributed by atoms with E-state index in [1.165, 1.54) is 26.8 Å². The van der Waals surface area contributed by atoms with E-state index in [9.17, 15) is 38.7 Å². The SMILES string of the molecule is CCC(C)[C@@H]1NC(=O)[C@H]([C@@H](C)CC)NC(=O)[C@H]2CCCN2C(=O)[C@H](Cc2ccccc2)NC(=O)[C@H]2CCCN2C(=O)[C@H](Cc2ccc(O)cc2)NC(=O)[C@H]2CCCN2C1=O. The summed E-state index contributed by atoms with van der Waals surface area (Å²) < 4.78 is 0. The summed E-state index contributed by atoms with van der Waals surface area (Å²) in [5, 5.41) is 21.8. The Morgan fingerprint density at radius 3 is 1.40 bits per heavy atom. The standard InChI is InChI=1S/C45H61N7O8/c1-5-27(3)37-42(57)49-38(28(4)6-2)45(60)52-24-12-16-35(52)40(55)47-33(26-30-18-20-31(53)21-19-30)44(59)50-22-10-15-34(50)39(54)46-32(25-29-13-8-7-9-14-29)43(58)51-23-11-17-36(51)41(56)48-37/h7-9,13-14,18-21,27-28,32-38,53H,5-6,10-12,15-17,22-26H2,1-4H3,(H,46,54)(H,47,55)(H,48,56)(H,49,57)/t27-,28?,32-,33-,34+,35+,36+,37-,38-/m0/s1. The summed E-state index contributed by atoms with van der Waals surface area (Å²) in [5.41, 5.74) is 1.45. The third kappa shape index (κ3) is 9.93. The minimum Gasteiger partial charge on any atom is -0.508 e. The van der Waals surface area contributed by atoms with Crippen LogP contribution in [0.5, 0.6) is 5.75 Å². The number of nitrogens with one attached hydrogen (secondary N) is 4. The summed E-state index contributed by atoms with van der Waals surface area (Å²) in [6.07, 6.45) is 3.87. The fraction of sp³-hybridized carbons (Fsp3) is 0.578. The second-order valence-electron chi connectivity index (χ2n) is 17.0. The molecule has 9 atom stereocenters. The van der Waals surface area contributed by atoms with Gasteiger partial charge in [0.25, 0.3) is 0 Å². The molecule has 5 N–H and O–H groups in total. The topological polar surface area (TPSA) is 198 Å². The minimum atomic E-state index is -1.13. The van der Waals surface area contributed by atoms with Gasteiger partial charge in [-0.3, -0.25) is 33.6 Å². The van der Waals surface area contributed by atoms with E-state index in [1.54, 1.807) is 12.1 Å². The molecule has 0 radical (unpaired) electrons. The van der Waals surface area contributed by atoms with E-state index in [1.807, 2.05) is 58.0 Å². The largest absolute Gasteiger partial charge is 0.508 e. The first kappa shape index (κ1) is 44.1. The van der Waals surface area contributed by atoms with Gasteiger partial charge in [-0.2, -0.15) is 0 Å². The highest BCUT2D eigenvalue weighted by atomic mass is 16.3. The van der Waals surface area contributed by atoms with Crippen LogP contribution in [0.2, 0.25) is 0 Å². The number of aromatic hydroxyl groups is 1. The van der Waals surface area contributed by atoms with Gasteiger partial charge in [-0.1, -0.05) is 83.0 Å². The van der Waals surface area contributed by atoms with Gasteiger partial charge >= 0.3 is 0 Å². The van der Waals surface area contributed by atoms with Crippen molar-refractivity contribution < 1.29 is 38.7 Å². The highest BCUT2D eigenvalue weighted by molar-refractivity contribution is 5.99. The number of rotatable bonds is 8. The van der Waals surface area contributed by atoms with Gasteiger partial charge in [-0.05, 0) is 73.6 Å². The predicted molar refractivity (Wildman–Crippen MR) is 223 cm³/mol. The average Bonchev–Trinajstić information content (AvgIpc) is 4.06. The molecule has 1 unspecified atom stereocenters. The minimum absolute atomic E-state index is 0.0378. The Morgan fingerprint density at radius 1 is 0.533 bits per heavy atom. The first-order valence-corrected chi connectivity index (χ1v) is 21.8. The van der Waals surface area contributed by atoms with E-state index >= 15 is 0 Å². The summed E-state index contributed by atoms with van der Waals surface area (Å²) in [7, 11) is 0. The molecule has 15 heteroatoms. The molecule has 4 fully saturated rings. The lowest BCUT2D eigenvalue weighted by atomic mass is 9.94. The van der Waals surface area contributed by atoms with Gasteiger partial charge in [-0.25, -0.2) is 0 Å². The lowest BCUT2D eigenvalue weighted by molar-refractivity contribution is -0.145. The van der Waals surface area contributed by atoms with Gasteiger partial charge < -0.3 is 41.1 Å². The second kappa shape index (κ2) is 19.7. The van der Waals surface area contributed by atoms with E-state index in [2.05, 4.69) is 21.3 Å². The molecule has 0 spiro atoms. The number of phenolic OH excluding ortho intramolecular Hbond substituents is 1. The normalized spacial score (nSPS) is 28.4. The number of carbonyl (C=O) groups excluding carboxylic acids is 7. The molecular formula is C45H61N7O8. The molecule has 15 nitrogen and oxygen atoms in total. The molecule has 4 heterocycles. The van der Waals surface area contributed by atoms with Crippen LogP contribution >= 0.6 is 0 Å². The summed E-state index contributed by atoms with van der Waals surface area (Å²) >= 11 is 0. The fourth-order valence-corrected chi connectivity index (χ4v) is 9.02. The zero-order chi connectivity index (χ0) is 43.1. The molecule has 4 saturated heterocycles. The summed E-state index contributed by atoms with van der Waals surface area (Å²) in [6.45, 7) is 8.30. The van der Waals surface area contributed by atoms with Crippen molar-refractivity contribution in [1.82, 2.24) is 36.0 Å². The molecule has 4 aliphatic heterocycles. The van der Waals surface area contributed by atoms with E-state index in [0.29, 0.717) is 56.9 Å². The van der Waals surface area contributed by atoms with Crippen LogP contribution in [0.25, 0.3) is 0 Å². The maximum Gasteiger partial charge on any atom is 0.246 e. The maximum absolute atomic E-state index is 14.6. The Labute approximate surface area is 352 Å². The number of amides is 7. The lowest BCUT2D eigenvalue weighted by Gasteiger charge is -2.34. The second-order valence-corrected chi connectivity index (χ2v) is 17.0. The van der Waals surface area contributed by atoms with Gasteiger partial charge in [0, 0.05) is 32.5 Å². The molecule has 0 bridgehead atoms. The first-order chi connectivity index (χ1) is 28.8. The van der Waals surface area contributed by atoms with Gasteiger partial charge in [-0.15, -0.1) is 0 Å². The zero-order valence-corrected chi connectivity index (χ0v) is 35.2. The van der Waals surface area contributed by atoms with Crippen molar-refractivity contribution in [2.24, 2.45) is 11.8 Å². The first-order valence-electron chi connectivity index (χ1n) is 21.8. The molecule has 2 aromatic carbocycles. The fourth-order valence-electron chi connectivity index (χ4n) is 9.02. The van der Waals surface area contributed by atoms with E-state index in [-0.39, 0.29) is 50.1 Å². The van der Waals surface area contributed by atoms with Crippen LogP contribution in [0.4, 0.5) is 0 Å². The van der Waals surface area contributed by atoms with Crippen molar-refractivity contribution >= 4 is 41.4 Å². The van der Waals surface area contributed by atoms with Crippen LogP contribution in [0, 0.1) is 11.8 Å². The summed E-state index contributed by atoms with van der Waals surface area (Å²) in [6, 6.07) is 8.54. The quantitative estimate of drug-likeness (QED) is 0.267. The Bertz CT molecular complexity index is 1890. The van der Waals surface area contributed by atoms with Gasteiger partial charge in [0.15, 0.2) is 0 Å². The third-order valence-electron chi connectivity index (χ3n) is 13.0. The Hall–Kier alpha value is -5.47. The van der Waals surface area contributed by atoms with E-state index in [0.717, 1.165) is 5.56 Å². The van der Waals surface area contributed by atoms with Crippen LogP contribution in [0.3, 0.4) is 0 Å². The van der Waals surface area contributed by atoms with E-state index < -0.39 is 83.6 Å². The molecule has 4 aliphatic rings. The molecule has 0 aromatic heterocycles. The van der Waals surface area contributed by atoms with Crippen molar-refractivity contribution in [2.75, 3.05) is 19.6 Å². The maximum atomic E-state index is 14.6. The third-order valence-corrected chi connectivity index (χ3v) is 13.0. The predicted octanol–water partition coefficient (Wildman–Crippen LogP) is 2.20. The molecule has 6 rings (SSSR count). The van der Waals surface area contributed by atoms with Crippen molar-refractivity contribution in [2.45, 2.75) is 134 Å². The number of fused-ring (bicyclic) bond motifs is 3. The Kier molecular flexibility index (Phi) is 14.5. The highest BCUT2D eigenvalue weighted by Crippen LogP contribution is 2.26. The summed E-state index contributed by atoms with van der Waals surface area (Å²) in [4.78, 5) is 105. The van der Waals surface area contributed by atoms with Crippen LogP contribution in [0.1, 0.15) is 90.2 Å². The van der Waals surface area contributed by atoms with Crippen LogP contribution in [-0.2, 0) is 46.4 Å². The monoisotopic (exact) mass is 827 g/mol. The van der Waals surface area contributed by atoms with Gasteiger partial charge in [0.05, 0.1) is 0 Å². The average molecular weight is 828 g/mol. The Balaban J connectivity index is 1.40. The van der Waals surface area contributed by atoms with Crippen molar-refractivity contribution in [3.63, 3.8) is 0 Å². The number of nitrogens with zero attached hydrogens (tertiary/aromatic N) is 3. The van der Waals surface area contributed by atoms with Crippen LogP contribution < -0.4 is 21.3 Å². The van der Waals surface area contributed by atoms with Crippen molar-refractivity contribution in [3.8, 4) is 5.75 Å². The van der Waals surface area contributed by atoms with Gasteiger partial charge in [0.1, 0.15) is 48.0 Å². The number of benzene rings is 2. The molecule has 60 heavy (non-hydrogen) atoms. The molecular weight excluding hydrogens is 767 g/mol. The number of carbonyl (C=O) groups is 7. The number of phenols is 1. The highest BCUT2D eigenvalue weighted by Gasteiger charge is 2.45. The molecule has 7 amide bonds. The van der Waals surface area contributed by atoms with Crippen LogP contribution in [0.15, 0.2) is 54.6 Å². The van der Waals surface area contributed by atoms with Gasteiger partial charge in [0.2, 0.25) is 41.4 Å². The number of hydrogen-bond acceptors (Lipinski definition) is 8. The summed E-state index contributed by atoms with van der Waals surface area (Å²) in [5.74, 6) is -4.06. The van der Waals surface area contributed by atoms with Crippen LogP contribution in [-0.4, -0.2) is 123 Å². The van der Waals surface area contributed by atoms with Crippen molar-refractivity contribution in [3.05, 3.63) is 65.7 Å². The van der Waals surface area contributed by atoms with Crippen molar-refractivity contribution in [1.29, 1.82) is 0 Å². The Morgan fingerprint density at radius 2 is 0.933 bits per heavy atom.